The molecule has 0 spiro atoms. The first-order valence-corrected chi connectivity index (χ1v) is 16.9. The maximum atomic E-state index is 14.4. The van der Waals surface area contributed by atoms with E-state index in [0.29, 0.717) is 11.1 Å². The van der Waals surface area contributed by atoms with Crippen LogP contribution in [-0.4, -0.2) is 63.7 Å². The van der Waals surface area contributed by atoms with Crippen molar-refractivity contribution in [2.45, 2.75) is 12.1 Å². The molecular formula is C41H33ClN6O9. The molecule has 4 heterocycles. The number of ketones is 1. The molecule has 0 fully saturated rings. The second-order valence-corrected chi connectivity index (χ2v) is 11.8. The molecule has 0 aliphatic rings. The molecule has 0 bridgehead atoms. The smallest absolute Gasteiger partial charge is 0.345 e. The van der Waals surface area contributed by atoms with E-state index < -0.39 is 41.7 Å². The monoisotopic (exact) mass is 788 g/mol. The molecule has 2 atom stereocenters. The first kappa shape index (κ1) is 41.0. The van der Waals surface area contributed by atoms with Crippen molar-refractivity contribution in [3.63, 3.8) is 0 Å². The molecule has 0 aliphatic heterocycles. The number of ether oxygens (including phenoxy) is 4. The number of aromatic nitrogens is 4. The molecule has 2 unspecified atom stereocenters. The van der Waals surface area contributed by atoms with Crippen molar-refractivity contribution in [3.05, 3.63) is 168 Å². The molecule has 0 saturated carbocycles. The van der Waals surface area contributed by atoms with E-state index >= 15 is 0 Å². The summed E-state index contributed by atoms with van der Waals surface area (Å²) in [5.41, 5.74) is 1.27. The predicted octanol–water partition coefficient (Wildman–Crippen LogP) is 5.36. The van der Waals surface area contributed by atoms with Crippen molar-refractivity contribution in [1.29, 1.82) is 0 Å². The van der Waals surface area contributed by atoms with Gasteiger partial charge in [-0.3, -0.25) is 24.7 Å². The van der Waals surface area contributed by atoms with E-state index in [1.54, 1.807) is 50.5 Å². The van der Waals surface area contributed by atoms with Crippen LogP contribution in [0.1, 0.15) is 64.6 Å². The third-order valence-corrected chi connectivity index (χ3v) is 8.15. The standard InChI is InChI=1S/C41H32N6O9.ClH/c1-42-35(25-11-13-31(53-38(49)27-7-3-15-44-21-27)33(19-25)55-40(51)29-9-5-17-46-23-29)37(48)36(43-2)26-12-14-32(54-39(50)28-8-4-16-45-22-28)34(20-26)56-41(52)30-10-6-18-47-24-30;/h3-24,35-36,42-43H,1-2H3;1H. The van der Waals surface area contributed by atoms with E-state index in [1.165, 1.54) is 98.1 Å². The molecular weight excluding hydrogens is 756 g/mol. The summed E-state index contributed by atoms with van der Waals surface area (Å²) in [6.45, 7) is 0. The molecule has 0 saturated heterocycles. The van der Waals surface area contributed by atoms with Gasteiger partial charge >= 0.3 is 23.9 Å². The number of hydrogen-bond acceptors (Lipinski definition) is 15. The highest BCUT2D eigenvalue weighted by atomic mass is 35.5. The SMILES string of the molecule is CNC(C(=O)C(NC)c1ccc(OC(=O)c2cccnc2)c(OC(=O)c2cccnc2)c1)c1ccc(OC(=O)c2cccnc2)c(OC(=O)c2cccnc2)c1.Cl. The Morgan fingerprint density at radius 3 is 1.02 bits per heavy atom. The van der Waals surface area contributed by atoms with Gasteiger partial charge in [0.15, 0.2) is 28.8 Å². The highest BCUT2D eigenvalue weighted by Gasteiger charge is 2.30. The molecule has 4 aromatic heterocycles. The van der Waals surface area contributed by atoms with Crippen molar-refractivity contribution in [1.82, 2.24) is 30.6 Å². The Kier molecular flexibility index (Phi) is 13.9. The number of carbonyl (C=O) groups excluding carboxylic acids is 5. The van der Waals surface area contributed by atoms with Gasteiger partial charge in [-0.15, -0.1) is 12.4 Å². The second kappa shape index (κ2) is 19.4. The summed E-state index contributed by atoms with van der Waals surface area (Å²) in [7, 11) is 3.13. The number of halogens is 1. The number of nitrogens with zero attached hydrogens (tertiary/aromatic N) is 4. The minimum atomic E-state index is -1.03. The van der Waals surface area contributed by atoms with E-state index in [2.05, 4.69) is 30.6 Å². The highest BCUT2D eigenvalue weighted by Crippen LogP contribution is 2.36. The van der Waals surface area contributed by atoms with Gasteiger partial charge in [0.05, 0.1) is 34.3 Å². The largest absolute Gasteiger partial charge is 0.419 e. The Morgan fingerprint density at radius 1 is 0.456 bits per heavy atom. The maximum Gasteiger partial charge on any atom is 0.345 e. The van der Waals surface area contributed by atoms with Gasteiger partial charge < -0.3 is 29.6 Å². The Morgan fingerprint density at radius 2 is 0.754 bits per heavy atom. The third-order valence-electron chi connectivity index (χ3n) is 8.15. The van der Waals surface area contributed by atoms with Crippen molar-refractivity contribution in [2.75, 3.05) is 14.1 Å². The molecule has 0 amide bonds. The number of Topliss-reactive ketones (excluding diaryl/α,β-unsaturated/α-hetero) is 1. The number of likely N-dealkylation sites (N-methyl/N-ethyl adjacent to an activating group) is 2. The maximum absolute atomic E-state index is 14.4. The van der Waals surface area contributed by atoms with Crippen LogP contribution < -0.4 is 29.6 Å². The average Bonchev–Trinajstić information content (AvgIpc) is 3.24. The van der Waals surface area contributed by atoms with Gasteiger partial charge in [-0.2, -0.15) is 0 Å². The van der Waals surface area contributed by atoms with Crippen molar-refractivity contribution in [3.8, 4) is 23.0 Å². The van der Waals surface area contributed by atoms with E-state index in [1.807, 2.05) is 0 Å². The quantitative estimate of drug-likeness (QED) is 0.106. The van der Waals surface area contributed by atoms with Crippen LogP contribution in [0, 0.1) is 0 Å². The molecule has 16 heteroatoms. The average molecular weight is 789 g/mol. The van der Waals surface area contributed by atoms with Gasteiger partial charge in [-0.05, 0) is 98.0 Å². The van der Waals surface area contributed by atoms with E-state index in [-0.39, 0.29) is 57.7 Å². The first-order chi connectivity index (χ1) is 27.2. The zero-order valence-corrected chi connectivity index (χ0v) is 31.0. The van der Waals surface area contributed by atoms with Crippen LogP contribution in [0.3, 0.4) is 0 Å². The zero-order valence-electron chi connectivity index (χ0n) is 30.2. The van der Waals surface area contributed by atoms with Crippen molar-refractivity contribution in [2.24, 2.45) is 0 Å². The number of benzene rings is 2. The van der Waals surface area contributed by atoms with Crippen molar-refractivity contribution < 1.29 is 42.9 Å². The minimum Gasteiger partial charge on any atom is -0.419 e. The zero-order chi connectivity index (χ0) is 39.4. The number of pyridine rings is 4. The van der Waals surface area contributed by atoms with Gasteiger partial charge in [-0.25, -0.2) is 19.2 Å². The lowest BCUT2D eigenvalue weighted by Gasteiger charge is -2.24. The molecule has 0 aliphatic carbocycles. The summed E-state index contributed by atoms with van der Waals surface area (Å²) >= 11 is 0. The van der Waals surface area contributed by atoms with Gasteiger partial charge in [0, 0.05) is 49.6 Å². The molecule has 6 rings (SSSR count). The summed E-state index contributed by atoms with van der Waals surface area (Å²) in [4.78, 5) is 82.4. The molecule has 57 heavy (non-hydrogen) atoms. The Hall–Kier alpha value is -7.20. The summed E-state index contributed by atoms with van der Waals surface area (Å²) in [5, 5.41) is 6.00. The number of nitrogens with one attached hydrogen (secondary N) is 2. The second-order valence-electron chi connectivity index (χ2n) is 11.8. The topological polar surface area (TPSA) is 198 Å². The Labute approximate surface area is 331 Å². The van der Waals surface area contributed by atoms with E-state index in [0.717, 1.165) is 0 Å². The fourth-order valence-electron chi connectivity index (χ4n) is 5.42. The highest BCUT2D eigenvalue weighted by molar-refractivity contribution is 5.95. The lowest BCUT2D eigenvalue weighted by Crippen LogP contribution is -2.35. The molecule has 15 nitrogen and oxygen atoms in total. The van der Waals surface area contributed by atoms with Crippen LogP contribution in [0.2, 0.25) is 0 Å². The Bertz CT molecular complexity index is 2190. The predicted molar refractivity (Wildman–Crippen MR) is 206 cm³/mol. The fourth-order valence-corrected chi connectivity index (χ4v) is 5.42. The van der Waals surface area contributed by atoms with Crippen LogP contribution in [0.15, 0.2) is 135 Å². The van der Waals surface area contributed by atoms with Crippen molar-refractivity contribution >= 4 is 42.1 Å². The lowest BCUT2D eigenvalue weighted by molar-refractivity contribution is -0.123. The number of esters is 4. The summed E-state index contributed by atoms with van der Waals surface area (Å²) in [5.74, 6) is -3.97. The van der Waals surface area contributed by atoms with Gasteiger partial charge in [0.25, 0.3) is 0 Å². The molecule has 2 N–H and O–H groups in total. The Balaban J connectivity index is 0.00000620. The number of rotatable bonds is 14. The number of carbonyl (C=O) groups is 5. The van der Waals surface area contributed by atoms with Gasteiger partial charge in [0.2, 0.25) is 0 Å². The van der Waals surface area contributed by atoms with Gasteiger partial charge in [0.1, 0.15) is 0 Å². The summed E-state index contributed by atoms with van der Waals surface area (Å²) < 4.78 is 22.6. The van der Waals surface area contributed by atoms with E-state index in [9.17, 15) is 24.0 Å². The van der Waals surface area contributed by atoms with E-state index in [4.69, 9.17) is 18.9 Å². The van der Waals surface area contributed by atoms with Crippen LogP contribution in [0.25, 0.3) is 0 Å². The van der Waals surface area contributed by atoms with Crippen LogP contribution in [0.5, 0.6) is 23.0 Å². The normalized spacial score (nSPS) is 11.5. The van der Waals surface area contributed by atoms with Crippen LogP contribution >= 0.6 is 12.4 Å². The van der Waals surface area contributed by atoms with Crippen LogP contribution in [-0.2, 0) is 4.79 Å². The first-order valence-electron chi connectivity index (χ1n) is 16.9. The lowest BCUT2D eigenvalue weighted by atomic mass is 9.93. The third kappa shape index (κ3) is 10.1. The summed E-state index contributed by atoms with van der Waals surface area (Å²) in [6, 6.07) is 19.0. The molecule has 6 aromatic rings. The number of hydrogen-bond donors (Lipinski definition) is 2. The molecule has 0 radical (unpaired) electrons. The van der Waals surface area contributed by atoms with Gasteiger partial charge in [-0.1, -0.05) is 12.1 Å². The fraction of sp³-hybridized carbons (Fsp3) is 0.0976. The molecule has 288 valence electrons. The minimum absolute atomic E-state index is 0. The molecule has 2 aromatic carbocycles. The summed E-state index contributed by atoms with van der Waals surface area (Å²) in [6.07, 6.45) is 11.3. The van der Waals surface area contributed by atoms with Crippen LogP contribution in [0.4, 0.5) is 0 Å².